The fraction of sp³-hybridized carbons (Fsp3) is 0.231. The van der Waals surface area contributed by atoms with Gasteiger partial charge in [-0.3, -0.25) is 9.59 Å². The zero-order valence-corrected chi connectivity index (χ0v) is 18.1. The van der Waals surface area contributed by atoms with Gasteiger partial charge in [0.1, 0.15) is 5.75 Å². The summed E-state index contributed by atoms with van der Waals surface area (Å²) in [4.78, 5) is 27.5. The average Bonchev–Trinajstić information content (AvgIpc) is 2.88. The van der Waals surface area contributed by atoms with Gasteiger partial charge in [0.25, 0.3) is 5.91 Å². The van der Waals surface area contributed by atoms with Crippen LogP contribution in [-0.2, 0) is 0 Å². The van der Waals surface area contributed by atoms with Crippen molar-refractivity contribution in [2.24, 2.45) is 0 Å². The number of amides is 1. The fourth-order valence-electron chi connectivity index (χ4n) is 3.69. The molecule has 0 fully saturated rings. The number of benzene rings is 3. The highest BCUT2D eigenvalue weighted by atomic mass is 16.5. The van der Waals surface area contributed by atoms with Gasteiger partial charge in [-0.15, -0.1) is 0 Å². The first-order valence-corrected chi connectivity index (χ1v) is 10.4. The van der Waals surface area contributed by atoms with Crippen LogP contribution in [-0.4, -0.2) is 37.2 Å². The summed E-state index contributed by atoms with van der Waals surface area (Å²) in [6.07, 6.45) is 1.34. The Hall–Kier alpha value is -3.44. The zero-order valence-electron chi connectivity index (χ0n) is 18.1. The first-order valence-electron chi connectivity index (χ1n) is 10.4. The van der Waals surface area contributed by atoms with Gasteiger partial charge in [-0.05, 0) is 81.0 Å². The lowest BCUT2D eigenvalue weighted by molar-refractivity contribution is 0.0976. The lowest BCUT2D eigenvalue weighted by Crippen LogP contribution is -2.14. The standard InChI is InChI=1S/C26H26N2O3/c1-17-9-11-25-22(14-17)27-26(30)21-16-19(10-12-24(21)31-25)18-6-4-7-20(15-18)23(29)8-5-13-28(2)3/h4,6-7,9-12,14-16H,5,8,13H2,1-3H3,(H,27,30). The highest BCUT2D eigenvalue weighted by molar-refractivity contribution is 6.08. The molecule has 0 saturated heterocycles. The van der Waals surface area contributed by atoms with Gasteiger partial charge >= 0.3 is 0 Å². The van der Waals surface area contributed by atoms with Gasteiger partial charge in [0.05, 0.1) is 11.3 Å². The van der Waals surface area contributed by atoms with Gasteiger partial charge in [-0.1, -0.05) is 30.3 Å². The summed E-state index contributed by atoms with van der Waals surface area (Å²) in [6.45, 7) is 2.85. The molecule has 1 aliphatic rings. The number of nitrogens with one attached hydrogen (secondary N) is 1. The molecular weight excluding hydrogens is 388 g/mol. The predicted octanol–water partition coefficient (Wildman–Crippen LogP) is 5.54. The lowest BCUT2D eigenvalue weighted by atomic mass is 9.98. The monoisotopic (exact) mass is 414 g/mol. The summed E-state index contributed by atoms with van der Waals surface area (Å²) >= 11 is 0. The van der Waals surface area contributed by atoms with E-state index in [1.54, 1.807) is 0 Å². The van der Waals surface area contributed by atoms with Crippen molar-refractivity contribution in [3.8, 4) is 22.6 Å². The van der Waals surface area contributed by atoms with E-state index in [4.69, 9.17) is 4.74 Å². The largest absolute Gasteiger partial charge is 0.454 e. The maximum absolute atomic E-state index is 12.9. The summed E-state index contributed by atoms with van der Waals surface area (Å²) in [5.41, 5.74) is 4.62. The number of nitrogens with zero attached hydrogens (tertiary/aromatic N) is 1. The highest BCUT2D eigenvalue weighted by Gasteiger charge is 2.21. The van der Waals surface area contributed by atoms with Crippen molar-refractivity contribution in [1.82, 2.24) is 4.90 Å². The first kappa shape index (κ1) is 20.8. The van der Waals surface area contributed by atoms with Crippen molar-refractivity contribution in [3.63, 3.8) is 0 Å². The summed E-state index contributed by atoms with van der Waals surface area (Å²) in [6, 6.07) is 18.8. The first-order chi connectivity index (χ1) is 14.9. The van der Waals surface area contributed by atoms with Gasteiger partial charge in [0, 0.05) is 12.0 Å². The Morgan fingerprint density at radius 3 is 2.55 bits per heavy atom. The number of carbonyl (C=O) groups excluding carboxylic acids is 2. The van der Waals surface area contributed by atoms with Gasteiger partial charge in [-0.25, -0.2) is 0 Å². The maximum Gasteiger partial charge on any atom is 0.259 e. The van der Waals surface area contributed by atoms with Crippen LogP contribution < -0.4 is 10.1 Å². The number of hydrogen-bond donors (Lipinski definition) is 1. The molecule has 158 valence electrons. The Morgan fingerprint density at radius 1 is 0.968 bits per heavy atom. The minimum atomic E-state index is -0.211. The van der Waals surface area contributed by atoms with Crippen LogP contribution in [0.1, 0.15) is 39.1 Å². The number of anilines is 1. The van der Waals surface area contributed by atoms with Gasteiger partial charge in [-0.2, -0.15) is 0 Å². The number of carbonyl (C=O) groups is 2. The van der Waals surface area contributed by atoms with Gasteiger partial charge in [0.2, 0.25) is 0 Å². The minimum Gasteiger partial charge on any atom is -0.454 e. The molecular formula is C26H26N2O3. The van der Waals surface area contributed by atoms with Crippen molar-refractivity contribution >= 4 is 17.4 Å². The van der Waals surface area contributed by atoms with Crippen LogP contribution in [0.5, 0.6) is 11.5 Å². The van der Waals surface area contributed by atoms with E-state index in [1.807, 2.05) is 81.7 Å². The topological polar surface area (TPSA) is 58.6 Å². The number of ether oxygens (including phenoxy) is 1. The van der Waals surface area contributed by atoms with E-state index in [9.17, 15) is 9.59 Å². The van der Waals surface area contributed by atoms with E-state index in [0.717, 1.165) is 29.7 Å². The van der Waals surface area contributed by atoms with Crippen LogP contribution in [0.25, 0.3) is 11.1 Å². The number of rotatable bonds is 6. The molecule has 0 aliphatic carbocycles. The normalized spacial score (nSPS) is 12.5. The summed E-state index contributed by atoms with van der Waals surface area (Å²) in [7, 11) is 4.01. The van der Waals surface area contributed by atoms with Crippen LogP contribution in [0, 0.1) is 6.92 Å². The van der Waals surface area contributed by atoms with Crippen LogP contribution in [0.3, 0.4) is 0 Å². The highest BCUT2D eigenvalue weighted by Crippen LogP contribution is 2.37. The van der Waals surface area contributed by atoms with Crippen molar-refractivity contribution in [2.45, 2.75) is 19.8 Å². The second kappa shape index (κ2) is 8.74. The smallest absolute Gasteiger partial charge is 0.259 e. The third kappa shape index (κ3) is 4.67. The summed E-state index contributed by atoms with van der Waals surface area (Å²) < 4.78 is 6.00. The molecule has 0 unspecified atom stereocenters. The van der Waals surface area contributed by atoms with Crippen molar-refractivity contribution < 1.29 is 14.3 Å². The summed E-state index contributed by atoms with van der Waals surface area (Å²) in [5.74, 6) is 1.05. The molecule has 31 heavy (non-hydrogen) atoms. The molecule has 4 rings (SSSR count). The molecule has 0 atom stereocenters. The Labute approximate surface area is 182 Å². The number of Topliss-reactive ketones (excluding diaryl/α,β-unsaturated/α-hetero) is 1. The van der Waals surface area contributed by atoms with Crippen LogP contribution in [0.2, 0.25) is 0 Å². The molecule has 1 N–H and O–H groups in total. The molecule has 3 aromatic rings. The quantitative estimate of drug-likeness (QED) is 0.538. The average molecular weight is 415 g/mol. The molecule has 5 heteroatoms. The van der Waals surface area contributed by atoms with Crippen LogP contribution >= 0.6 is 0 Å². The van der Waals surface area contributed by atoms with E-state index in [1.165, 1.54) is 0 Å². The molecule has 0 aromatic heterocycles. The molecule has 5 nitrogen and oxygen atoms in total. The van der Waals surface area contributed by atoms with E-state index >= 15 is 0 Å². The molecule has 1 aliphatic heterocycles. The SMILES string of the molecule is Cc1ccc2c(c1)NC(=O)c1cc(-c3cccc(C(=O)CCCN(C)C)c3)ccc1O2. The summed E-state index contributed by atoms with van der Waals surface area (Å²) in [5, 5.41) is 2.94. The van der Waals surface area contributed by atoms with Crippen LogP contribution in [0.4, 0.5) is 5.69 Å². The van der Waals surface area contributed by atoms with Crippen LogP contribution in [0.15, 0.2) is 60.7 Å². The van der Waals surface area contributed by atoms with Gasteiger partial charge < -0.3 is 15.0 Å². The molecule has 0 saturated carbocycles. The number of hydrogen-bond acceptors (Lipinski definition) is 4. The van der Waals surface area contributed by atoms with Crippen molar-refractivity contribution in [2.75, 3.05) is 26.0 Å². The molecule has 0 bridgehead atoms. The Kier molecular flexibility index (Phi) is 5.87. The third-order valence-electron chi connectivity index (χ3n) is 5.35. The second-order valence-electron chi connectivity index (χ2n) is 8.18. The van der Waals surface area contributed by atoms with Gasteiger partial charge in [0.15, 0.2) is 11.5 Å². The molecule has 0 radical (unpaired) electrons. The van der Waals surface area contributed by atoms with E-state index in [2.05, 4.69) is 10.2 Å². The van der Waals surface area contributed by atoms with Crippen molar-refractivity contribution in [3.05, 3.63) is 77.4 Å². The van der Waals surface area contributed by atoms with E-state index in [0.29, 0.717) is 34.7 Å². The Bertz CT molecular complexity index is 1150. The minimum absolute atomic E-state index is 0.130. The number of aryl methyl sites for hydroxylation is 1. The van der Waals surface area contributed by atoms with Crippen molar-refractivity contribution in [1.29, 1.82) is 0 Å². The maximum atomic E-state index is 12.9. The zero-order chi connectivity index (χ0) is 22.0. The predicted molar refractivity (Wildman–Crippen MR) is 123 cm³/mol. The Balaban J connectivity index is 1.60. The molecule has 1 heterocycles. The Morgan fingerprint density at radius 2 is 1.74 bits per heavy atom. The lowest BCUT2D eigenvalue weighted by Gasteiger charge is -2.11. The third-order valence-corrected chi connectivity index (χ3v) is 5.35. The molecule has 1 amide bonds. The van der Waals surface area contributed by atoms with E-state index < -0.39 is 0 Å². The van der Waals surface area contributed by atoms with E-state index in [-0.39, 0.29) is 11.7 Å². The molecule has 0 spiro atoms. The number of fused-ring (bicyclic) bond motifs is 2. The second-order valence-corrected chi connectivity index (χ2v) is 8.18. The number of ketones is 1. The molecule has 3 aromatic carbocycles. The fourth-order valence-corrected chi connectivity index (χ4v) is 3.69.